The van der Waals surface area contributed by atoms with Gasteiger partial charge in [0.05, 0.1) is 18.8 Å². The first kappa shape index (κ1) is 13.9. The summed E-state index contributed by atoms with van der Waals surface area (Å²) in [5.41, 5.74) is 3.37. The monoisotopic (exact) mass is 285 g/mol. The van der Waals surface area contributed by atoms with Crippen molar-refractivity contribution in [2.75, 3.05) is 12.4 Å². The molecular weight excluding hydrogens is 265 g/mol. The number of nitrogens with one attached hydrogen (secondary N) is 1. The lowest BCUT2D eigenvalue weighted by Gasteiger charge is -2.22. The number of ether oxygens (including phenoxy) is 1. The molecule has 0 radical (unpaired) electrons. The van der Waals surface area contributed by atoms with Crippen LogP contribution in [0, 0.1) is 18.7 Å². The van der Waals surface area contributed by atoms with E-state index in [2.05, 4.69) is 36.5 Å². The molecule has 1 atom stereocenters. The summed E-state index contributed by atoms with van der Waals surface area (Å²) in [6.07, 6.45) is 2.46. The van der Waals surface area contributed by atoms with Crippen molar-refractivity contribution >= 4 is 5.69 Å². The van der Waals surface area contributed by atoms with Gasteiger partial charge in [0, 0.05) is 6.07 Å². The van der Waals surface area contributed by atoms with Gasteiger partial charge in [-0.05, 0) is 43.4 Å². The quantitative estimate of drug-likeness (QED) is 0.859. The summed E-state index contributed by atoms with van der Waals surface area (Å²) < 4.78 is 18.6. The second kappa shape index (κ2) is 5.76. The van der Waals surface area contributed by atoms with E-state index in [1.165, 1.54) is 36.1 Å². The van der Waals surface area contributed by atoms with E-state index in [0.29, 0.717) is 11.7 Å². The van der Waals surface area contributed by atoms with E-state index in [9.17, 15) is 4.39 Å². The second-order valence-corrected chi connectivity index (χ2v) is 5.71. The lowest BCUT2D eigenvalue weighted by Crippen LogP contribution is -2.13. The molecule has 2 nitrogen and oxygen atoms in total. The van der Waals surface area contributed by atoms with Crippen molar-refractivity contribution in [1.29, 1.82) is 0 Å². The zero-order valence-corrected chi connectivity index (χ0v) is 12.4. The molecule has 21 heavy (non-hydrogen) atoms. The van der Waals surface area contributed by atoms with Gasteiger partial charge in [-0.1, -0.05) is 29.8 Å². The van der Waals surface area contributed by atoms with Gasteiger partial charge >= 0.3 is 0 Å². The Morgan fingerprint density at radius 3 is 2.48 bits per heavy atom. The van der Waals surface area contributed by atoms with E-state index in [1.54, 1.807) is 13.2 Å². The van der Waals surface area contributed by atoms with Crippen LogP contribution in [0.15, 0.2) is 42.5 Å². The zero-order valence-electron chi connectivity index (χ0n) is 12.4. The lowest BCUT2D eigenvalue weighted by atomic mass is 10.0. The van der Waals surface area contributed by atoms with Gasteiger partial charge in [-0.3, -0.25) is 0 Å². The predicted molar refractivity (Wildman–Crippen MR) is 83.2 cm³/mol. The Morgan fingerprint density at radius 1 is 1.14 bits per heavy atom. The minimum Gasteiger partial charge on any atom is -0.494 e. The fourth-order valence-corrected chi connectivity index (χ4v) is 2.63. The molecule has 1 N–H and O–H groups in total. The zero-order chi connectivity index (χ0) is 14.8. The van der Waals surface area contributed by atoms with Gasteiger partial charge in [-0.2, -0.15) is 0 Å². The summed E-state index contributed by atoms with van der Waals surface area (Å²) in [5.74, 6) is 0.908. The molecule has 0 heterocycles. The average Bonchev–Trinajstić information content (AvgIpc) is 3.31. The molecule has 1 aliphatic carbocycles. The van der Waals surface area contributed by atoms with E-state index >= 15 is 0 Å². The van der Waals surface area contributed by atoms with E-state index in [0.717, 1.165) is 5.69 Å². The summed E-state index contributed by atoms with van der Waals surface area (Å²) >= 11 is 0. The number of anilines is 1. The minimum absolute atomic E-state index is 0.255. The molecule has 110 valence electrons. The van der Waals surface area contributed by atoms with Crippen molar-refractivity contribution in [3.8, 4) is 5.75 Å². The number of methoxy groups -OCH3 is 1. The first-order valence-corrected chi connectivity index (χ1v) is 7.34. The Hall–Kier alpha value is -2.03. The molecule has 0 saturated heterocycles. The van der Waals surface area contributed by atoms with Gasteiger partial charge in [-0.15, -0.1) is 0 Å². The van der Waals surface area contributed by atoms with Crippen LogP contribution in [-0.2, 0) is 0 Å². The molecule has 3 heteroatoms. The summed E-state index contributed by atoms with van der Waals surface area (Å²) in [5, 5.41) is 3.53. The predicted octanol–water partition coefficient (Wildman–Crippen LogP) is 4.71. The third-order valence-corrected chi connectivity index (χ3v) is 4.00. The highest BCUT2D eigenvalue weighted by molar-refractivity contribution is 5.58. The molecule has 3 rings (SSSR count). The first-order chi connectivity index (χ1) is 10.2. The van der Waals surface area contributed by atoms with E-state index < -0.39 is 0 Å². The van der Waals surface area contributed by atoms with Crippen molar-refractivity contribution in [1.82, 2.24) is 0 Å². The third-order valence-electron chi connectivity index (χ3n) is 4.00. The Bertz CT molecular complexity index is 620. The van der Waals surface area contributed by atoms with Crippen molar-refractivity contribution in [2.24, 2.45) is 5.92 Å². The maximum atomic E-state index is 13.3. The summed E-state index contributed by atoms with van der Waals surface area (Å²) in [4.78, 5) is 0. The van der Waals surface area contributed by atoms with Gasteiger partial charge < -0.3 is 10.1 Å². The summed E-state index contributed by atoms with van der Waals surface area (Å²) in [6, 6.07) is 13.5. The molecule has 2 aromatic rings. The number of halogens is 1. The Morgan fingerprint density at radius 2 is 1.86 bits per heavy atom. The van der Waals surface area contributed by atoms with E-state index in [4.69, 9.17) is 4.74 Å². The number of hydrogen-bond donors (Lipinski definition) is 1. The van der Waals surface area contributed by atoms with Gasteiger partial charge in [0.15, 0.2) is 0 Å². The largest absolute Gasteiger partial charge is 0.494 e. The Kier molecular flexibility index (Phi) is 3.82. The number of aryl methyl sites for hydroxylation is 1. The standard InChI is InChI=1S/C18H20FNO/c1-12-3-5-13(6-4-12)18(14-7-8-14)20-16-10-9-15(19)11-17(16)21-2/h3-6,9-11,14,18,20H,7-8H2,1-2H3. The third kappa shape index (κ3) is 3.18. The maximum Gasteiger partial charge on any atom is 0.144 e. The molecule has 0 amide bonds. The fraction of sp³-hybridized carbons (Fsp3) is 0.333. The van der Waals surface area contributed by atoms with Crippen LogP contribution in [0.4, 0.5) is 10.1 Å². The molecule has 0 spiro atoms. The molecule has 1 saturated carbocycles. The van der Waals surface area contributed by atoms with Gasteiger partial charge in [0.2, 0.25) is 0 Å². The van der Waals surface area contributed by atoms with Crippen LogP contribution < -0.4 is 10.1 Å². The highest BCUT2D eigenvalue weighted by Crippen LogP contribution is 2.44. The Balaban J connectivity index is 1.87. The van der Waals surface area contributed by atoms with Gasteiger partial charge in [-0.25, -0.2) is 4.39 Å². The van der Waals surface area contributed by atoms with Crippen LogP contribution in [-0.4, -0.2) is 7.11 Å². The normalized spacial score (nSPS) is 15.6. The summed E-state index contributed by atoms with van der Waals surface area (Å²) in [7, 11) is 1.57. The van der Waals surface area contributed by atoms with Crippen LogP contribution in [0.3, 0.4) is 0 Å². The molecule has 0 aliphatic heterocycles. The minimum atomic E-state index is -0.282. The smallest absolute Gasteiger partial charge is 0.144 e. The van der Waals surface area contributed by atoms with Crippen LogP contribution in [0.2, 0.25) is 0 Å². The fourth-order valence-electron chi connectivity index (χ4n) is 2.63. The maximum absolute atomic E-state index is 13.3. The second-order valence-electron chi connectivity index (χ2n) is 5.71. The molecule has 1 aliphatic rings. The Labute approximate surface area is 125 Å². The molecular formula is C18H20FNO. The molecule has 2 aromatic carbocycles. The SMILES string of the molecule is COc1cc(F)ccc1NC(c1ccc(C)cc1)C1CC1. The average molecular weight is 285 g/mol. The van der Waals surface area contributed by atoms with Crippen molar-refractivity contribution in [3.63, 3.8) is 0 Å². The molecule has 0 aromatic heterocycles. The topological polar surface area (TPSA) is 21.3 Å². The van der Waals surface area contributed by atoms with Crippen LogP contribution in [0.1, 0.15) is 30.0 Å². The van der Waals surface area contributed by atoms with Gasteiger partial charge in [0.25, 0.3) is 0 Å². The molecule has 1 unspecified atom stereocenters. The van der Waals surface area contributed by atoms with E-state index in [1.807, 2.05) is 0 Å². The van der Waals surface area contributed by atoms with Crippen molar-refractivity contribution in [3.05, 3.63) is 59.4 Å². The summed E-state index contributed by atoms with van der Waals surface area (Å²) in [6.45, 7) is 2.09. The molecule has 1 fully saturated rings. The highest BCUT2D eigenvalue weighted by atomic mass is 19.1. The first-order valence-electron chi connectivity index (χ1n) is 7.34. The van der Waals surface area contributed by atoms with Gasteiger partial charge in [0.1, 0.15) is 11.6 Å². The van der Waals surface area contributed by atoms with Crippen LogP contribution in [0.5, 0.6) is 5.75 Å². The number of benzene rings is 2. The highest BCUT2D eigenvalue weighted by Gasteiger charge is 2.32. The molecule has 0 bridgehead atoms. The van der Waals surface area contributed by atoms with Crippen molar-refractivity contribution < 1.29 is 9.13 Å². The van der Waals surface area contributed by atoms with E-state index in [-0.39, 0.29) is 11.9 Å². The van der Waals surface area contributed by atoms with Crippen LogP contribution in [0.25, 0.3) is 0 Å². The number of rotatable bonds is 5. The van der Waals surface area contributed by atoms with Crippen LogP contribution >= 0.6 is 0 Å². The number of hydrogen-bond acceptors (Lipinski definition) is 2. The van der Waals surface area contributed by atoms with Crippen molar-refractivity contribution in [2.45, 2.75) is 25.8 Å². The lowest BCUT2D eigenvalue weighted by molar-refractivity contribution is 0.412.